The van der Waals surface area contributed by atoms with Gasteiger partial charge in [0.2, 0.25) is 11.8 Å². The number of hydrogen-bond donors (Lipinski definition) is 2. The molecule has 272 valence electrons. The van der Waals surface area contributed by atoms with Gasteiger partial charge in [-0.2, -0.15) is 5.10 Å². The second-order valence-corrected chi connectivity index (χ2v) is 15.0. The van der Waals surface area contributed by atoms with E-state index in [1.165, 1.54) is 4.68 Å². The summed E-state index contributed by atoms with van der Waals surface area (Å²) in [6.45, 7) is 2.85. The third-order valence-electron chi connectivity index (χ3n) is 10.8. The lowest BCUT2D eigenvalue weighted by Crippen LogP contribution is -2.54. The largest absolute Gasteiger partial charge is 0.379 e. The molecule has 2 N–H and O–H groups in total. The molecule has 3 atom stereocenters. The highest BCUT2D eigenvalue weighted by atomic mass is 79.9. The molecule has 2 aromatic carbocycles. The molecule has 0 aliphatic carbocycles. The molecular weight excluding hydrogens is 732 g/mol. The molecule has 3 saturated heterocycles. The van der Waals surface area contributed by atoms with Gasteiger partial charge < -0.3 is 20.0 Å². The fourth-order valence-electron chi connectivity index (χ4n) is 8.02. The van der Waals surface area contributed by atoms with Gasteiger partial charge in [-0.05, 0) is 84.4 Å². The summed E-state index contributed by atoms with van der Waals surface area (Å²) in [5.74, 6) is -1.93. The minimum Gasteiger partial charge on any atom is -0.379 e. The molecule has 3 unspecified atom stereocenters. The van der Waals surface area contributed by atoms with Gasteiger partial charge in [0.05, 0.1) is 28.7 Å². The summed E-state index contributed by atoms with van der Waals surface area (Å²) in [5.41, 5.74) is 3.40. The standard InChI is InChI=1S/C37H41BrN8O6/c1-42-19-23(17-24(20-42)40-27-18-39-44(3)37(52)32(27)38)21-7-9-22(10-8-21)34(49)43(2)25-13-15-45(16-14-25)28-6-4-5-26-31(28)36(51)46(35(26)50)29-11-12-30(47)41-33(29)48/h4-10,18,23-25,29,40H,11-17,19-20H2,1-3H3,(H,41,47,48). The first-order valence-corrected chi connectivity index (χ1v) is 18.3. The van der Waals surface area contributed by atoms with Gasteiger partial charge in [-0.25, -0.2) is 4.68 Å². The Hall–Kier alpha value is -4.89. The van der Waals surface area contributed by atoms with Crippen molar-refractivity contribution >= 4 is 56.8 Å². The number of amides is 5. The van der Waals surface area contributed by atoms with E-state index >= 15 is 0 Å². The number of piperidine rings is 3. The number of nitrogens with zero attached hydrogens (tertiary/aromatic N) is 6. The number of fused-ring (bicyclic) bond motifs is 1. The molecule has 15 heteroatoms. The highest BCUT2D eigenvalue weighted by Gasteiger charge is 2.46. The number of halogens is 1. The van der Waals surface area contributed by atoms with Crippen LogP contribution in [0.15, 0.2) is 57.9 Å². The normalized spacial score (nSPS) is 22.7. The molecule has 4 aliphatic rings. The monoisotopic (exact) mass is 772 g/mol. The number of aryl methyl sites for hydroxylation is 1. The number of rotatable bonds is 7. The van der Waals surface area contributed by atoms with Gasteiger partial charge in [0.25, 0.3) is 23.3 Å². The SMILES string of the molecule is CN1CC(Nc2cnn(C)c(=O)c2Br)CC(c2ccc(C(=O)N(C)C3CCN(c4cccc5c4C(=O)N(C4CCC(=O)NC4=O)C5=O)CC3)cc2)C1. The quantitative estimate of drug-likeness (QED) is 0.343. The van der Waals surface area contributed by atoms with Crippen molar-refractivity contribution in [1.29, 1.82) is 0 Å². The Balaban J connectivity index is 0.972. The summed E-state index contributed by atoms with van der Waals surface area (Å²) in [6, 6.07) is 12.1. The third kappa shape index (κ3) is 6.62. The number of aromatic nitrogens is 2. The van der Waals surface area contributed by atoms with Gasteiger partial charge in [-0.1, -0.05) is 18.2 Å². The van der Waals surface area contributed by atoms with Crippen molar-refractivity contribution in [3.8, 4) is 0 Å². The smallest absolute Gasteiger partial charge is 0.282 e. The third-order valence-corrected chi connectivity index (χ3v) is 11.6. The minimum atomic E-state index is -1.02. The Kier molecular flexibility index (Phi) is 9.74. The van der Waals surface area contributed by atoms with Crippen molar-refractivity contribution in [2.24, 2.45) is 7.05 Å². The number of imide groups is 2. The van der Waals surface area contributed by atoms with Crippen molar-refractivity contribution < 1.29 is 24.0 Å². The minimum absolute atomic E-state index is 0.0139. The number of benzene rings is 2. The molecule has 0 saturated carbocycles. The fourth-order valence-corrected chi connectivity index (χ4v) is 8.49. The van der Waals surface area contributed by atoms with Gasteiger partial charge in [0.1, 0.15) is 10.5 Å². The van der Waals surface area contributed by atoms with Crippen LogP contribution in [-0.2, 0) is 16.6 Å². The van der Waals surface area contributed by atoms with Crippen LogP contribution in [0.5, 0.6) is 0 Å². The van der Waals surface area contributed by atoms with Crippen molar-refractivity contribution in [2.75, 3.05) is 50.5 Å². The number of carbonyl (C=O) groups excluding carboxylic acids is 5. The molecule has 0 spiro atoms. The van der Waals surface area contributed by atoms with E-state index in [-0.39, 0.29) is 53.4 Å². The topological polar surface area (TPSA) is 157 Å². The van der Waals surface area contributed by atoms with Gasteiger partial charge >= 0.3 is 0 Å². The lowest BCUT2D eigenvalue weighted by Gasteiger charge is -2.38. The highest BCUT2D eigenvalue weighted by Crippen LogP contribution is 2.36. The highest BCUT2D eigenvalue weighted by molar-refractivity contribution is 9.10. The Labute approximate surface area is 309 Å². The van der Waals surface area contributed by atoms with E-state index in [2.05, 4.69) is 48.5 Å². The maximum Gasteiger partial charge on any atom is 0.282 e. The molecule has 3 fully saturated rings. The summed E-state index contributed by atoms with van der Waals surface area (Å²) in [4.78, 5) is 84.3. The van der Waals surface area contributed by atoms with E-state index in [1.807, 2.05) is 37.4 Å². The number of likely N-dealkylation sites (N-methyl/N-ethyl adjacent to an activating group) is 1. The Morgan fingerprint density at radius 1 is 0.962 bits per heavy atom. The van der Waals surface area contributed by atoms with E-state index in [0.29, 0.717) is 47.3 Å². The van der Waals surface area contributed by atoms with Crippen LogP contribution < -0.4 is 21.1 Å². The zero-order chi connectivity index (χ0) is 36.8. The molecule has 4 aliphatic heterocycles. The van der Waals surface area contributed by atoms with Crippen molar-refractivity contribution in [2.45, 2.75) is 56.1 Å². The van der Waals surface area contributed by atoms with Crippen LogP contribution in [-0.4, -0.2) is 112 Å². The molecule has 14 nitrogen and oxygen atoms in total. The van der Waals surface area contributed by atoms with E-state index in [1.54, 1.807) is 30.3 Å². The van der Waals surface area contributed by atoms with Crippen LogP contribution >= 0.6 is 15.9 Å². The van der Waals surface area contributed by atoms with Crippen LogP contribution in [0.25, 0.3) is 0 Å². The van der Waals surface area contributed by atoms with Gasteiger partial charge in [-0.15, -0.1) is 0 Å². The molecule has 0 bridgehead atoms. The number of carbonyl (C=O) groups is 5. The molecule has 52 heavy (non-hydrogen) atoms. The van der Waals surface area contributed by atoms with Crippen LogP contribution in [0.3, 0.4) is 0 Å². The summed E-state index contributed by atoms with van der Waals surface area (Å²) in [7, 11) is 5.52. The zero-order valence-corrected chi connectivity index (χ0v) is 30.9. The summed E-state index contributed by atoms with van der Waals surface area (Å²) in [5, 5.41) is 9.87. The van der Waals surface area contributed by atoms with E-state index in [4.69, 9.17) is 0 Å². The van der Waals surface area contributed by atoms with Crippen LogP contribution in [0.2, 0.25) is 0 Å². The fraction of sp³-hybridized carbons (Fsp3) is 0.432. The van der Waals surface area contributed by atoms with E-state index in [0.717, 1.165) is 30.0 Å². The van der Waals surface area contributed by atoms with Gasteiger partial charge in [0, 0.05) is 64.3 Å². The molecule has 5 heterocycles. The van der Waals surface area contributed by atoms with Crippen molar-refractivity contribution in [3.05, 3.63) is 85.7 Å². The number of hydrogen-bond acceptors (Lipinski definition) is 10. The predicted octanol–water partition coefficient (Wildman–Crippen LogP) is 2.58. The molecule has 5 amide bonds. The van der Waals surface area contributed by atoms with E-state index in [9.17, 15) is 28.8 Å². The zero-order valence-electron chi connectivity index (χ0n) is 29.3. The van der Waals surface area contributed by atoms with Crippen molar-refractivity contribution in [1.82, 2.24) is 29.8 Å². The average Bonchev–Trinajstić information content (AvgIpc) is 3.40. The maximum atomic E-state index is 13.7. The van der Waals surface area contributed by atoms with Crippen molar-refractivity contribution in [3.63, 3.8) is 0 Å². The Morgan fingerprint density at radius 2 is 1.69 bits per heavy atom. The van der Waals surface area contributed by atoms with Crippen LogP contribution in [0, 0.1) is 0 Å². The first-order valence-electron chi connectivity index (χ1n) is 17.5. The first-order chi connectivity index (χ1) is 24.9. The molecule has 3 aromatic rings. The maximum absolute atomic E-state index is 13.7. The van der Waals surface area contributed by atoms with Crippen LogP contribution in [0.1, 0.15) is 74.7 Å². The number of likely N-dealkylation sites (tertiary alicyclic amines) is 1. The molecule has 7 rings (SSSR count). The molecule has 1 aromatic heterocycles. The lowest BCUT2D eigenvalue weighted by molar-refractivity contribution is -0.136. The average molecular weight is 774 g/mol. The molecular formula is C37H41BrN8O6. The summed E-state index contributed by atoms with van der Waals surface area (Å²) >= 11 is 3.41. The Morgan fingerprint density at radius 3 is 2.40 bits per heavy atom. The van der Waals surface area contributed by atoms with E-state index < -0.39 is 29.7 Å². The number of anilines is 2. The second kappa shape index (κ2) is 14.3. The van der Waals surface area contributed by atoms with Crippen LogP contribution in [0.4, 0.5) is 11.4 Å². The lowest BCUT2D eigenvalue weighted by atomic mass is 9.87. The predicted molar refractivity (Wildman–Crippen MR) is 196 cm³/mol. The van der Waals surface area contributed by atoms with Gasteiger partial charge in [0.15, 0.2) is 0 Å². The number of nitrogens with one attached hydrogen (secondary N) is 2. The molecule has 0 radical (unpaired) electrons. The second-order valence-electron chi connectivity index (χ2n) is 14.2. The Bertz CT molecular complexity index is 2010. The summed E-state index contributed by atoms with van der Waals surface area (Å²) < 4.78 is 1.75. The van der Waals surface area contributed by atoms with Gasteiger partial charge in [-0.3, -0.25) is 39.0 Å². The summed E-state index contributed by atoms with van der Waals surface area (Å²) in [6.07, 6.45) is 4.03. The first kappa shape index (κ1) is 35.5.